The van der Waals surface area contributed by atoms with Gasteiger partial charge >= 0.3 is 0 Å². The van der Waals surface area contributed by atoms with Crippen LogP contribution in [0.1, 0.15) is 23.6 Å². The van der Waals surface area contributed by atoms with E-state index < -0.39 is 12.2 Å². The molecule has 0 aliphatic rings. The zero-order chi connectivity index (χ0) is 19.0. The molecule has 0 saturated heterocycles. The lowest BCUT2D eigenvalue weighted by Crippen LogP contribution is -2.02. The number of aromatic nitrogens is 5. The van der Waals surface area contributed by atoms with Crippen molar-refractivity contribution in [1.82, 2.24) is 24.7 Å². The highest BCUT2D eigenvalue weighted by atomic mass is 32.2. The summed E-state index contributed by atoms with van der Waals surface area (Å²) >= 11 is 1.20. The van der Waals surface area contributed by atoms with Gasteiger partial charge in [0, 0.05) is 5.39 Å². The minimum atomic E-state index is -2.75. The van der Waals surface area contributed by atoms with Crippen LogP contribution in [-0.2, 0) is 0 Å². The summed E-state index contributed by atoms with van der Waals surface area (Å²) in [5.74, 6) is 0.217. The van der Waals surface area contributed by atoms with Crippen molar-refractivity contribution in [3.8, 4) is 5.69 Å². The summed E-state index contributed by atoms with van der Waals surface area (Å²) in [5.41, 5.74) is 2.47. The molecule has 4 rings (SSSR count). The Hall–Kier alpha value is -2.87. The second-order valence-electron chi connectivity index (χ2n) is 5.96. The van der Waals surface area contributed by atoms with Crippen molar-refractivity contribution in [3.05, 3.63) is 65.7 Å². The molecule has 0 fully saturated rings. The molecular formula is C19H15F2N5S. The molecule has 27 heavy (non-hydrogen) atoms. The highest BCUT2D eigenvalue weighted by Crippen LogP contribution is 2.34. The van der Waals surface area contributed by atoms with Crippen molar-refractivity contribution >= 4 is 22.7 Å². The number of rotatable bonds is 4. The van der Waals surface area contributed by atoms with Gasteiger partial charge in [0.05, 0.1) is 11.2 Å². The van der Waals surface area contributed by atoms with Crippen LogP contribution < -0.4 is 0 Å². The quantitative estimate of drug-likeness (QED) is 0.468. The number of alkyl halides is 2. The molecule has 4 aromatic rings. The predicted molar refractivity (Wildman–Crippen MR) is 99.5 cm³/mol. The summed E-state index contributed by atoms with van der Waals surface area (Å²) < 4.78 is 28.4. The van der Waals surface area contributed by atoms with Crippen molar-refractivity contribution in [2.24, 2.45) is 0 Å². The fourth-order valence-electron chi connectivity index (χ4n) is 2.83. The number of aryl methyl sites for hydroxylation is 2. The Kier molecular flexibility index (Phi) is 4.57. The van der Waals surface area contributed by atoms with E-state index in [2.05, 4.69) is 20.2 Å². The average molecular weight is 383 g/mol. The first kappa shape index (κ1) is 17.5. The Bertz CT molecular complexity index is 1130. The Morgan fingerprint density at radius 3 is 2.44 bits per heavy atom. The van der Waals surface area contributed by atoms with Crippen LogP contribution in [0.5, 0.6) is 0 Å². The molecule has 2 aromatic heterocycles. The molecule has 0 atom stereocenters. The monoisotopic (exact) mass is 383 g/mol. The molecule has 0 unspecified atom stereocenters. The number of halogens is 2. The SMILES string of the molecule is Cc1ccccc1-n1c(C)nnc1Sc1nc(C(F)F)nc2ccccc12. The Labute approximate surface area is 158 Å². The van der Waals surface area contributed by atoms with Gasteiger partial charge < -0.3 is 0 Å². The van der Waals surface area contributed by atoms with E-state index in [9.17, 15) is 8.78 Å². The fraction of sp³-hybridized carbons (Fsp3) is 0.158. The molecule has 0 aliphatic carbocycles. The van der Waals surface area contributed by atoms with E-state index in [0.29, 0.717) is 26.9 Å². The standard InChI is InChI=1S/C19H15F2N5S/c1-11-7-3-6-10-15(11)26-12(2)24-25-19(26)27-18-13-8-4-5-9-14(13)22-17(23-18)16(20)21/h3-10,16H,1-2H3. The molecule has 8 heteroatoms. The number of para-hydroxylation sites is 2. The Morgan fingerprint density at radius 2 is 1.67 bits per heavy atom. The van der Waals surface area contributed by atoms with E-state index >= 15 is 0 Å². The molecule has 0 aliphatic heterocycles. The maximum Gasteiger partial charge on any atom is 0.297 e. The smallest absolute Gasteiger partial charge is 0.274 e. The van der Waals surface area contributed by atoms with Crippen LogP contribution in [0.2, 0.25) is 0 Å². The lowest BCUT2D eigenvalue weighted by Gasteiger charge is -2.12. The van der Waals surface area contributed by atoms with Gasteiger partial charge in [0.25, 0.3) is 6.43 Å². The Morgan fingerprint density at radius 1 is 0.926 bits per heavy atom. The summed E-state index contributed by atoms with van der Waals surface area (Å²) in [7, 11) is 0. The van der Waals surface area contributed by atoms with Crippen molar-refractivity contribution in [2.75, 3.05) is 0 Å². The van der Waals surface area contributed by atoms with Crippen LogP contribution >= 0.6 is 11.8 Å². The second-order valence-corrected chi connectivity index (χ2v) is 6.91. The van der Waals surface area contributed by atoms with Gasteiger partial charge in [0.2, 0.25) is 5.16 Å². The van der Waals surface area contributed by atoms with E-state index in [1.54, 1.807) is 12.1 Å². The number of benzene rings is 2. The van der Waals surface area contributed by atoms with Crippen LogP contribution in [0.4, 0.5) is 8.78 Å². The zero-order valence-electron chi connectivity index (χ0n) is 14.6. The molecule has 0 N–H and O–H groups in total. The van der Waals surface area contributed by atoms with Gasteiger partial charge in [-0.1, -0.05) is 36.4 Å². The molecule has 0 amide bonds. The molecule has 0 bridgehead atoms. The van der Waals surface area contributed by atoms with Gasteiger partial charge in [-0.25, -0.2) is 18.7 Å². The maximum absolute atomic E-state index is 13.2. The van der Waals surface area contributed by atoms with Gasteiger partial charge in [0.15, 0.2) is 5.82 Å². The number of hydrogen-bond acceptors (Lipinski definition) is 5. The number of hydrogen-bond donors (Lipinski definition) is 0. The lowest BCUT2D eigenvalue weighted by atomic mass is 10.2. The molecule has 2 aromatic carbocycles. The number of nitrogens with zero attached hydrogens (tertiary/aromatic N) is 5. The third-order valence-electron chi connectivity index (χ3n) is 4.12. The molecule has 5 nitrogen and oxygen atoms in total. The van der Waals surface area contributed by atoms with Crippen LogP contribution in [0.15, 0.2) is 58.7 Å². The largest absolute Gasteiger partial charge is 0.297 e. The van der Waals surface area contributed by atoms with Gasteiger partial charge in [0.1, 0.15) is 10.9 Å². The average Bonchev–Trinajstić information content (AvgIpc) is 3.02. The highest BCUT2D eigenvalue weighted by molar-refractivity contribution is 7.99. The molecule has 0 saturated carbocycles. The second kappa shape index (κ2) is 7.03. The van der Waals surface area contributed by atoms with E-state index in [-0.39, 0.29) is 0 Å². The summed E-state index contributed by atoms with van der Waals surface area (Å²) in [6, 6.07) is 15.0. The van der Waals surface area contributed by atoms with Crippen LogP contribution in [0.3, 0.4) is 0 Å². The minimum absolute atomic E-state index is 0.429. The van der Waals surface area contributed by atoms with Crippen molar-refractivity contribution < 1.29 is 8.78 Å². The molecule has 136 valence electrons. The van der Waals surface area contributed by atoms with E-state index in [0.717, 1.165) is 11.3 Å². The lowest BCUT2D eigenvalue weighted by molar-refractivity contribution is 0.140. The van der Waals surface area contributed by atoms with Crippen molar-refractivity contribution in [1.29, 1.82) is 0 Å². The van der Waals surface area contributed by atoms with E-state index in [1.165, 1.54) is 11.8 Å². The first-order chi connectivity index (χ1) is 13.0. The summed E-state index contributed by atoms with van der Waals surface area (Å²) in [5, 5.41) is 10.1. The van der Waals surface area contributed by atoms with Crippen LogP contribution in [0.25, 0.3) is 16.6 Å². The van der Waals surface area contributed by atoms with Crippen LogP contribution in [-0.4, -0.2) is 24.7 Å². The van der Waals surface area contributed by atoms with E-state index in [4.69, 9.17) is 0 Å². The first-order valence-electron chi connectivity index (χ1n) is 8.25. The zero-order valence-corrected chi connectivity index (χ0v) is 15.4. The van der Waals surface area contributed by atoms with Crippen LogP contribution in [0, 0.1) is 13.8 Å². The topological polar surface area (TPSA) is 56.5 Å². The Balaban J connectivity index is 1.86. The molecule has 2 heterocycles. The normalized spacial score (nSPS) is 11.4. The summed E-state index contributed by atoms with van der Waals surface area (Å²) in [6.45, 7) is 3.85. The van der Waals surface area contributed by atoms with E-state index in [1.807, 2.05) is 54.8 Å². The molecular weight excluding hydrogens is 368 g/mol. The summed E-state index contributed by atoms with van der Waals surface area (Å²) in [6.07, 6.45) is -2.75. The molecule has 0 spiro atoms. The van der Waals surface area contributed by atoms with Crippen molar-refractivity contribution in [3.63, 3.8) is 0 Å². The van der Waals surface area contributed by atoms with Gasteiger partial charge in [-0.3, -0.25) is 4.57 Å². The number of fused-ring (bicyclic) bond motifs is 1. The maximum atomic E-state index is 13.2. The predicted octanol–water partition coefficient (Wildman–Crippen LogP) is 4.92. The first-order valence-corrected chi connectivity index (χ1v) is 9.07. The highest BCUT2D eigenvalue weighted by Gasteiger charge is 2.19. The third kappa shape index (κ3) is 3.28. The minimum Gasteiger partial charge on any atom is -0.274 e. The van der Waals surface area contributed by atoms with Gasteiger partial charge in [-0.2, -0.15) is 0 Å². The fourth-order valence-corrected chi connectivity index (χ4v) is 3.83. The molecule has 0 radical (unpaired) electrons. The van der Waals surface area contributed by atoms with Crippen molar-refractivity contribution in [2.45, 2.75) is 30.5 Å². The third-order valence-corrected chi connectivity index (χ3v) is 5.07. The van der Waals surface area contributed by atoms with Gasteiger partial charge in [-0.05, 0) is 43.3 Å². The van der Waals surface area contributed by atoms with Gasteiger partial charge in [-0.15, -0.1) is 10.2 Å². The summed E-state index contributed by atoms with van der Waals surface area (Å²) in [4.78, 5) is 8.04.